The molecule has 7 heteroatoms. The molecule has 1 saturated heterocycles. The molecule has 1 fully saturated rings. The molecule has 1 aromatic carbocycles. The first kappa shape index (κ1) is 20.3. The lowest BCUT2D eigenvalue weighted by atomic mass is 9.96. The summed E-state index contributed by atoms with van der Waals surface area (Å²) < 4.78 is 23.9. The summed E-state index contributed by atoms with van der Waals surface area (Å²) in [7, 11) is 0. The molecule has 0 saturated carbocycles. The number of aliphatic hydroxyl groups is 1. The van der Waals surface area contributed by atoms with Gasteiger partial charge in [0.05, 0.1) is 5.69 Å². The fourth-order valence-corrected chi connectivity index (χ4v) is 3.48. The summed E-state index contributed by atoms with van der Waals surface area (Å²) in [4.78, 5) is 14.8. The van der Waals surface area contributed by atoms with E-state index in [0.717, 1.165) is 0 Å². The molecule has 1 aromatic heterocycles. The highest BCUT2D eigenvalue weighted by atomic mass is 19.1. The van der Waals surface area contributed by atoms with Crippen LogP contribution in [0.15, 0.2) is 28.8 Å². The monoisotopic (exact) mass is 390 g/mol. The Morgan fingerprint density at radius 1 is 1.32 bits per heavy atom. The molecule has 2 heterocycles. The van der Waals surface area contributed by atoms with E-state index in [1.807, 2.05) is 13.8 Å². The van der Waals surface area contributed by atoms with E-state index in [9.17, 15) is 14.3 Å². The van der Waals surface area contributed by atoms with Crippen molar-refractivity contribution in [3.63, 3.8) is 0 Å². The molecule has 0 radical (unpaired) electrons. The summed E-state index contributed by atoms with van der Waals surface area (Å²) in [6.45, 7) is 6.77. The van der Waals surface area contributed by atoms with Crippen LogP contribution in [0.4, 0.5) is 4.39 Å². The molecule has 28 heavy (non-hydrogen) atoms. The van der Waals surface area contributed by atoms with Gasteiger partial charge in [-0.15, -0.1) is 0 Å². The number of nitrogens with zero attached hydrogens (tertiary/aromatic N) is 2. The fraction of sp³-hybridized carbons (Fsp3) is 0.524. The predicted molar refractivity (Wildman–Crippen MR) is 102 cm³/mol. The Balaban J connectivity index is 1.65. The van der Waals surface area contributed by atoms with Gasteiger partial charge in [0.2, 0.25) is 0 Å². The summed E-state index contributed by atoms with van der Waals surface area (Å²) in [5.74, 6) is 0.677. The van der Waals surface area contributed by atoms with E-state index in [4.69, 9.17) is 9.26 Å². The summed E-state index contributed by atoms with van der Waals surface area (Å²) in [6, 6.07) is 5.71. The van der Waals surface area contributed by atoms with Crippen LogP contribution in [0.3, 0.4) is 0 Å². The average Bonchev–Trinajstić information content (AvgIpc) is 2.94. The van der Waals surface area contributed by atoms with Crippen LogP contribution in [0.5, 0.6) is 5.75 Å². The van der Waals surface area contributed by atoms with Crippen LogP contribution in [-0.2, 0) is 0 Å². The van der Waals surface area contributed by atoms with E-state index in [1.54, 1.807) is 11.8 Å². The Labute approximate surface area is 164 Å². The van der Waals surface area contributed by atoms with Crippen LogP contribution in [-0.4, -0.2) is 46.4 Å². The standard InChI is InChI=1S/C21H27FN2O4/c1-14(2)19-18(15(3)28-23-19)20(25)24-11-4-9-21(26,10-12-24)13-27-17-7-5-16(22)6-8-17/h5-8,14,26H,4,9-13H2,1-3H3. The van der Waals surface area contributed by atoms with E-state index in [1.165, 1.54) is 24.3 Å². The lowest BCUT2D eigenvalue weighted by Gasteiger charge is -2.27. The zero-order valence-electron chi connectivity index (χ0n) is 16.6. The van der Waals surface area contributed by atoms with Gasteiger partial charge in [-0.3, -0.25) is 4.79 Å². The van der Waals surface area contributed by atoms with Crippen LogP contribution < -0.4 is 4.74 Å². The van der Waals surface area contributed by atoms with Gasteiger partial charge >= 0.3 is 0 Å². The van der Waals surface area contributed by atoms with Crippen molar-refractivity contribution in [1.82, 2.24) is 10.1 Å². The van der Waals surface area contributed by atoms with Crippen molar-refractivity contribution in [2.24, 2.45) is 0 Å². The number of likely N-dealkylation sites (tertiary alicyclic amines) is 1. The van der Waals surface area contributed by atoms with Gasteiger partial charge in [-0.25, -0.2) is 4.39 Å². The molecule has 2 aromatic rings. The molecule has 1 N–H and O–H groups in total. The first-order valence-electron chi connectivity index (χ1n) is 9.65. The molecule has 3 rings (SSSR count). The Bertz CT molecular complexity index is 818. The van der Waals surface area contributed by atoms with Crippen LogP contribution in [0, 0.1) is 12.7 Å². The minimum atomic E-state index is -1.03. The molecule has 0 spiro atoms. The number of halogens is 1. The van der Waals surface area contributed by atoms with Gasteiger partial charge in [-0.05, 0) is 56.4 Å². The zero-order chi connectivity index (χ0) is 20.3. The van der Waals surface area contributed by atoms with Crippen LogP contribution in [0.1, 0.15) is 60.8 Å². The summed E-state index contributed by atoms with van der Waals surface area (Å²) in [5.41, 5.74) is 0.165. The SMILES string of the molecule is Cc1onc(C(C)C)c1C(=O)N1CCCC(O)(COc2ccc(F)cc2)CC1. The second-order valence-electron chi connectivity index (χ2n) is 7.77. The van der Waals surface area contributed by atoms with Gasteiger partial charge in [0.1, 0.15) is 35.1 Å². The number of hydrogen-bond acceptors (Lipinski definition) is 5. The zero-order valence-corrected chi connectivity index (χ0v) is 16.6. The number of hydrogen-bond donors (Lipinski definition) is 1. The Morgan fingerprint density at radius 2 is 2.04 bits per heavy atom. The highest BCUT2D eigenvalue weighted by Gasteiger charge is 2.34. The third-order valence-corrected chi connectivity index (χ3v) is 5.18. The smallest absolute Gasteiger partial charge is 0.259 e. The molecule has 0 aliphatic carbocycles. The molecule has 1 aliphatic rings. The van der Waals surface area contributed by atoms with Crippen molar-refractivity contribution in [2.75, 3.05) is 19.7 Å². The lowest BCUT2D eigenvalue weighted by molar-refractivity contribution is -0.0163. The number of carbonyl (C=O) groups excluding carboxylic acids is 1. The fourth-order valence-electron chi connectivity index (χ4n) is 3.48. The van der Waals surface area contributed by atoms with Gasteiger partial charge in [-0.2, -0.15) is 0 Å². The van der Waals surface area contributed by atoms with Gasteiger partial charge < -0.3 is 19.3 Å². The average molecular weight is 390 g/mol. The largest absolute Gasteiger partial charge is 0.491 e. The molecule has 1 aliphatic heterocycles. The van der Waals surface area contributed by atoms with Gasteiger partial charge in [0.25, 0.3) is 5.91 Å². The van der Waals surface area contributed by atoms with Crippen molar-refractivity contribution < 1.29 is 23.6 Å². The van der Waals surface area contributed by atoms with Crippen molar-refractivity contribution in [1.29, 1.82) is 0 Å². The summed E-state index contributed by atoms with van der Waals surface area (Å²) >= 11 is 0. The molecule has 1 atom stereocenters. The van der Waals surface area contributed by atoms with E-state index >= 15 is 0 Å². The van der Waals surface area contributed by atoms with Crippen molar-refractivity contribution >= 4 is 5.91 Å². The van der Waals surface area contributed by atoms with E-state index in [-0.39, 0.29) is 24.2 Å². The first-order valence-corrected chi connectivity index (χ1v) is 9.65. The maximum absolute atomic E-state index is 13.1. The Kier molecular flexibility index (Phi) is 6.03. The maximum Gasteiger partial charge on any atom is 0.259 e. The summed E-state index contributed by atoms with van der Waals surface area (Å²) in [6.07, 6.45) is 1.59. The molecule has 0 bridgehead atoms. The predicted octanol–water partition coefficient (Wildman–Crippen LogP) is 3.68. The normalized spacial score (nSPS) is 20.3. The van der Waals surface area contributed by atoms with Crippen molar-refractivity contribution in [3.05, 3.63) is 47.1 Å². The van der Waals surface area contributed by atoms with Gasteiger partial charge in [-0.1, -0.05) is 19.0 Å². The Hall–Kier alpha value is -2.41. The van der Waals surface area contributed by atoms with E-state index in [2.05, 4.69) is 5.16 Å². The van der Waals surface area contributed by atoms with Crippen molar-refractivity contribution in [3.8, 4) is 5.75 Å². The minimum Gasteiger partial charge on any atom is -0.491 e. The molecule has 152 valence electrons. The number of carbonyl (C=O) groups is 1. The topological polar surface area (TPSA) is 75.8 Å². The highest BCUT2D eigenvalue weighted by molar-refractivity contribution is 5.96. The van der Waals surface area contributed by atoms with E-state index in [0.29, 0.717) is 55.1 Å². The number of aromatic nitrogens is 1. The molecule has 6 nitrogen and oxygen atoms in total. The summed E-state index contributed by atoms with van der Waals surface area (Å²) in [5, 5.41) is 15.0. The second kappa shape index (κ2) is 8.31. The number of rotatable bonds is 5. The molecule has 1 amide bonds. The highest BCUT2D eigenvalue weighted by Crippen LogP contribution is 2.27. The maximum atomic E-state index is 13.1. The third kappa shape index (κ3) is 4.52. The van der Waals surface area contributed by atoms with Crippen molar-refractivity contribution in [2.45, 2.75) is 51.6 Å². The lowest BCUT2D eigenvalue weighted by Crippen LogP contribution is -2.38. The Morgan fingerprint density at radius 3 is 2.71 bits per heavy atom. The van der Waals surface area contributed by atoms with Gasteiger partial charge in [0.15, 0.2) is 0 Å². The number of benzene rings is 1. The molecular formula is C21H27FN2O4. The number of amides is 1. The number of ether oxygens (including phenoxy) is 1. The molecular weight excluding hydrogens is 363 g/mol. The van der Waals surface area contributed by atoms with Crippen LogP contribution in [0.25, 0.3) is 0 Å². The second-order valence-corrected chi connectivity index (χ2v) is 7.77. The van der Waals surface area contributed by atoms with Crippen LogP contribution >= 0.6 is 0 Å². The van der Waals surface area contributed by atoms with E-state index < -0.39 is 5.60 Å². The van der Waals surface area contributed by atoms with Gasteiger partial charge in [0, 0.05) is 13.1 Å². The third-order valence-electron chi connectivity index (χ3n) is 5.18. The quantitative estimate of drug-likeness (QED) is 0.843. The molecule has 1 unspecified atom stereocenters. The number of aryl methyl sites for hydroxylation is 1. The van der Waals surface area contributed by atoms with Crippen LogP contribution in [0.2, 0.25) is 0 Å². The minimum absolute atomic E-state index is 0.0874. The first-order chi connectivity index (χ1) is 13.3.